The van der Waals surface area contributed by atoms with Gasteiger partial charge in [-0.2, -0.15) is 5.10 Å². The van der Waals surface area contributed by atoms with Crippen molar-refractivity contribution >= 4 is 52.8 Å². The average molecular weight is 391 g/mol. The van der Waals surface area contributed by atoms with E-state index in [1.165, 1.54) is 18.3 Å². The summed E-state index contributed by atoms with van der Waals surface area (Å²) in [4.78, 5) is 13.5. The zero-order chi connectivity index (χ0) is 17.7. The molecule has 0 aliphatic heterocycles. The van der Waals surface area contributed by atoms with Gasteiger partial charge in [-0.1, -0.05) is 34.8 Å². The summed E-state index contributed by atoms with van der Waals surface area (Å²) in [5.41, 5.74) is 2.31. The molecule has 0 spiro atoms. The van der Waals surface area contributed by atoms with Gasteiger partial charge in [-0.3, -0.25) is 4.79 Å². The number of furan rings is 1. The van der Waals surface area contributed by atoms with E-state index in [1.807, 2.05) is 19.0 Å². The van der Waals surface area contributed by atoms with Gasteiger partial charge >= 0.3 is 0 Å². The summed E-state index contributed by atoms with van der Waals surface area (Å²) in [5, 5.41) is 4.56. The van der Waals surface area contributed by atoms with Crippen LogP contribution in [0.4, 0.5) is 5.88 Å². The van der Waals surface area contributed by atoms with Crippen LogP contribution in [-0.4, -0.2) is 32.8 Å². The maximum atomic E-state index is 11.7. The quantitative estimate of drug-likeness (QED) is 0.462. The number of hydrazone groups is 1. The molecule has 24 heavy (non-hydrogen) atoms. The Hall–Kier alpha value is -1.89. The number of carbonyl (C=O) groups excluding carboxylic acids is 1. The van der Waals surface area contributed by atoms with Crippen molar-refractivity contribution in [2.75, 3.05) is 25.6 Å². The zero-order valence-corrected chi connectivity index (χ0v) is 15.1. The molecular weight excluding hydrogens is 377 g/mol. The van der Waals surface area contributed by atoms with E-state index in [-0.39, 0.29) is 22.4 Å². The SMILES string of the molecule is CN(C)c1ccc(/C=N\NC(=O)COc2cc(Cl)cc(Cl)c2Cl)o1. The van der Waals surface area contributed by atoms with Crippen molar-refractivity contribution in [1.82, 2.24) is 5.43 Å². The third kappa shape index (κ3) is 5.06. The summed E-state index contributed by atoms with van der Waals surface area (Å²) < 4.78 is 10.7. The Morgan fingerprint density at radius 2 is 2.08 bits per heavy atom. The Morgan fingerprint density at radius 3 is 2.75 bits per heavy atom. The van der Waals surface area contributed by atoms with Crippen molar-refractivity contribution in [3.8, 4) is 5.75 Å². The van der Waals surface area contributed by atoms with E-state index >= 15 is 0 Å². The average Bonchev–Trinajstić information content (AvgIpc) is 2.98. The molecule has 6 nitrogen and oxygen atoms in total. The molecule has 0 saturated carbocycles. The highest BCUT2D eigenvalue weighted by molar-refractivity contribution is 6.44. The minimum Gasteiger partial charge on any atom is -0.482 e. The minimum atomic E-state index is -0.474. The maximum absolute atomic E-state index is 11.7. The molecule has 0 saturated heterocycles. The van der Waals surface area contributed by atoms with Gasteiger partial charge in [0.05, 0.1) is 11.2 Å². The number of hydrogen-bond donors (Lipinski definition) is 1. The molecule has 0 unspecified atom stereocenters. The fraction of sp³-hybridized carbons (Fsp3) is 0.200. The Morgan fingerprint density at radius 1 is 1.33 bits per heavy atom. The van der Waals surface area contributed by atoms with Crippen molar-refractivity contribution in [2.24, 2.45) is 5.10 Å². The molecule has 9 heteroatoms. The van der Waals surface area contributed by atoms with Gasteiger partial charge in [-0.15, -0.1) is 0 Å². The summed E-state index contributed by atoms with van der Waals surface area (Å²) in [7, 11) is 3.71. The number of anilines is 1. The maximum Gasteiger partial charge on any atom is 0.277 e. The number of nitrogens with zero attached hydrogens (tertiary/aromatic N) is 2. The van der Waals surface area contributed by atoms with Gasteiger partial charge in [0.25, 0.3) is 5.91 Å². The van der Waals surface area contributed by atoms with Crippen molar-refractivity contribution in [2.45, 2.75) is 0 Å². The van der Waals surface area contributed by atoms with Gasteiger partial charge < -0.3 is 14.1 Å². The number of amides is 1. The second kappa shape index (κ2) is 8.28. The second-order valence-corrected chi connectivity index (χ2v) is 6.07. The predicted molar refractivity (Wildman–Crippen MR) is 95.7 cm³/mol. The lowest BCUT2D eigenvalue weighted by atomic mass is 10.3. The first-order valence-electron chi connectivity index (χ1n) is 6.73. The Kier molecular flexibility index (Phi) is 6.36. The number of benzene rings is 1. The molecule has 1 amide bonds. The molecule has 0 atom stereocenters. The first kappa shape index (κ1) is 18.4. The van der Waals surface area contributed by atoms with Crippen molar-refractivity contribution in [3.63, 3.8) is 0 Å². The highest BCUT2D eigenvalue weighted by atomic mass is 35.5. The number of rotatable bonds is 6. The zero-order valence-electron chi connectivity index (χ0n) is 12.8. The van der Waals surface area contributed by atoms with E-state index in [0.717, 1.165) is 0 Å². The van der Waals surface area contributed by atoms with Crippen LogP contribution in [0.15, 0.2) is 33.8 Å². The molecule has 0 radical (unpaired) electrons. The first-order valence-corrected chi connectivity index (χ1v) is 7.86. The van der Waals surface area contributed by atoms with Gasteiger partial charge in [0.2, 0.25) is 0 Å². The standard InChI is InChI=1S/C15H14Cl3N3O3/c1-21(2)14-4-3-10(24-14)7-19-20-13(22)8-23-12-6-9(16)5-11(17)15(12)18/h3-7H,8H2,1-2H3,(H,20,22)/b19-7-. The van der Waals surface area contributed by atoms with Gasteiger partial charge in [-0.05, 0) is 12.1 Å². The van der Waals surface area contributed by atoms with E-state index in [4.69, 9.17) is 44.0 Å². The van der Waals surface area contributed by atoms with Crippen LogP contribution in [0.3, 0.4) is 0 Å². The number of hydrogen-bond acceptors (Lipinski definition) is 5. The Labute approximate surface area is 153 Å². The van der Waals surface area contributed by atoms with Crippen molar-refractivity contribution in [3.05, 3.63) is 45.1 Å². The lowest BCUT2D eigenvalue weighted by Gasteiger charge is -2.08. The van der Waals surface area contributed by atoms with Crippen LogP contribution in [-0.2, 0) is 4.79 Å². The molecular formula is C15H14Cl3N3O3. The third-order valence-corrected chi connectivity index (χ3v) is 3.76. The van der Waals surface area contributed by atoms with Crippen LogP contribution in [0.25, 0.3) is 0 Å². The summed E-state index contributed by atoms with van der Waals surface area (Å²) in [6.45, 7) is -0.297. The third-order valence-electron chi connectivity index (χ3n) is 2.75. The summed E-state index contributed by atoms with van der Waals surface area (Å²) in [6.07, 6.45) is 1.38. The molecule has 1 aromatic carbocycles. The molecule has 128 valence electrons. The molecule has 0 fully saturated rings. The van der Waals surface area contributed by atoms with Crippen LogP contribution in [0.1, 0.15) is 5.76 Å². The van der Waals surface area contributed by atoms with Crippen LogP contribution in [0.5, 0.6) is 5.75 Å². The minimum absolute atomic E-state index is 0.184. The summed E-state index contributed by atoms with van der Waals surface area (Å²) in [5.74, 6) is 0.927. The van der Waals surface area contributed by atoms with Crippen molar-refractivity contribution < 1.29 is 13.9 Å². The predicted octanol–water partition coefficient (Wildman–Crippen LogP) is 3.83. The van der Waals surface area contributed by atoms with Gasteiger partial charge in [0.15, 0.2) is 12.5 Å². The number of carbonyl (C=O) groups is 1. The molecule has 0 aliphatic carbocycles. The highest BCUT2D eigenvalue weighted by Gasteiger charge is 2.10. The first-order chi connectivity index (χ1) is 11.4. The van der Waals surface area contributed by atoms with E-state index < -0.39 is 5.91 Å². The van der Waals surface area contributed by atoms with E-state index in [1.54, 1.807) is 12.1 Å². The molecule has 1 N–H and O–H groups in total. The Bertz CT molecular complexity index is 760. The summed E-state index contributed by atoms with van der Waals surface area (Å²) >= 11 is 17.7. The second-order valence-electron chi connectivity index (χ2n) is 4.85. The van der Waals surface area contributed by atoms with Gasteiger partial charge in [-0.25, -0.2) is 5.43 Å². The van der Waals surface area contributed by atoms with Crippen molar-refractivity contribution in [1.29, 1.82) is 0 Å². The molecule has 1 heterocycles. The fourth-order valence-electron chi connectivity index (χ4n) is 1.63. The molecule has 1 aromatic heterocycles. The molecule has 2 aromatic rings. The van der Waals surface area contributed by atoms with Crippen LogP contribution >= 0.6 is 34.8 Å². The van der Waals surface area contributed by atoms with Crippen LogP contribution in [0.2, 0.25) is 15.1 Å². The lowest BCUT2D eigenvalue weighted by Crippen LogP contribution is -2.24. The smallest absolute Gasteiger partial charge is 0.277 e. The molecule has 2 rings (SSSR count). The molecule has 0 bridgehead atoms. The van der Waals surface area contributed by atoms with Crippen LogP contribution in [0, 0.1) is 0 Å². The number of nitrogens with one attached hydrogen (secondary N) is 1. The molecule has 0 aliphatic rings. The Balaban J connectivity index is 1.86. The number of halogens is 3. The monoisotopic (exact) mass is 389 g/mol. The van der Waals surface area contributed by atoms with E-state index in [0.29, 0.717) is 16.7 Å². The highest BCUT2D eigenvalue weighted by Crippen LogP contribution is 2.35. The largest absolute Gasteiger partial charge is 0.482 e. The lowest BCUT2D eigenvalue weighted by molar-refractivity contribution is -0.123. The fourth-order valence-corrected chi connectivity index (χ4v) is 2.27. The normalized spacial score (nSPS) is 10.9. The van der Waals surface area contributed by atoms with E-state index in [2.05, 4.69) is 10.5 Å². The summed E-state index contributed by atoms with van der Waals surface area (Å²) in [6, 6.07) is 6.47. The van der Waals surface area contributed by atoms with Crippen LogP contribution < -0.4 is 15.1 Å². The van der Waals surface area contributed by atoms with Gasteiger partial charge in [0.1, 0.15) is 16.5 Å². The van der Waals surface area contributed by atoms with E-state index in [9.17, 15) is 4.79 Å². The topological polar surface area (TPSA) is 67.1 Å². The van der Waals surface area contributed by atoms with Gasteiger partial charge in [0, 0.05) is 31.3 Å². The number of ether oxygens (including phenoxy) is 1.